The molecule has 0 saturated heterocycles. The minimum absolute atomic E-state index is 0.0277. The fraction of sp³-hybridized carbons (Fsp3) is 0.857. The van der Waals surface area contributed by atoms with Gasteiger partial charge in [-0.05, 0) is 18.8 Å². The van der Waals surface area contributed by atoms with Gasteiger partial charge in [0.2, 0.25) is 11.8 Å². The molecule has 0 spiro atoms. The van der Waals surface area contributed by atoms with Gasteiger partial charge < -0.3 is 16.0 Å². The lowest BCUT2D eigenvalue weighted by Crippen LogP contribution is -2.56. The number of carbonyl (C=O) groups is 2. The molecule has 1 rings (SSSR count). The van der Waals surface area contributed by atoms with Gasteiger partial charge in [0.05, 0.1) is 12.1 Å². The monoisotopic (exact) mass is 269 g/mol. The summed E-state index contributed by atoms with van der Waals surface area (Å²) in [6.07, 6.45) is 4.05. The van der Waals surface area contributed by atoms with Gasteiger partial charge in [-0.15, -0.1) is 0 Å². The van der Waals surface area contributed by atoms with Gasteiger partial charge in [0.1, 0.15) is 0 Å². The van der Waals surface area contributed by atoms with E-state index in [0.717, 1.165) is 25.7 Å². The molecule has 5 nitrogen and oxygen atoms in total. The van der Waals surface area contributed by atoms with Gasteiger partial charge in [-0.3, -0.25) is 9.59 Å². The van der Waals surface area contributed by atoms with Gasteiger partial charge in [-0.2, -0.15) is 0 Å². The highest BCUT2D eigenvalue weighted by atomic mass is 16.2. The summed E-state index contributed by atoms with van der Waals surface area (Å²) in [7, 11) is 1.81. The van der Waals surface area contributed by atoms with Crippen LogP contribution >= 0.6 is 0 Å². The Labute approximate surface area is 115 Å². The molecule has 0 aromatic heterocycles. The van der Waals surface area contributed by atoms with Gasteiger partial charge >= 0.3 is 0 Å². The highest BCUT2D eigenvalue weighted by molar-refractivity contribution is 5.82. The van der Waals surface area contributed by atoms with Crippen molar-refractivity contribution in [3.63, 3.8) is 0 Å². The third-order valence-corrected chi connectivity index (χ3v) is 4.07. The van der Waals surface area contributed by atoms with Crippen LogP contribution in [0.2, 0.25) is 0 Å². The van der Waals surface area contributed by atoms with Crippen LogP contribution in [0.5, 0.6) is 0 Å². The summed E-state index contributed by atoms with van der Waals surface area (Å²) in [5, 5.41) is 3.03. The molecule has 0 aromatic carbocycles. The molecule has 0 bridgehead atoms. The maximum absolute atomic E-state index is 12.1. The van der Waals surface area contributed by atoms with Crippen molar-refractivity contribution in [2.24, 2.45) is 11.7 Å². The van der Waals surface area contributed by atoms with E-state index in [1.165, 1.54) is 0 Å². The highest BCUT2D eigenvalue weighted by Gasteiger charge is 2.32. The zero-order chi connectivity index (χ0) is 14.6. The normalized spacial score (nSPS) is 24.9. The fourth-order valence-electron chi connectivity index (χ4n) is 2.56. The van der Waals surface area contributed by atoms with Gasteiger partial charge in [0.15, 0.2) is 0 Å². The zero-order valence-corrected chi connectivity index (χ0v) is 12.5. The van der Waals surface area contributed by atoms with Crippen molar-refractivity contribution in [1.29, 1.82) is 0 Å². The lowest BCUT2D eigenvalue weighted by Gasteiger charge is -2.38. The van der Waals surface area contributed by atoms with Crippen LogP contribution in [0.4, 0.5) is 0 Å². The van der Waals surface area contributed by atoms with Crippen LogP contribution in [0.15, 0.2) is 0 Å². The maximum Gasteiger partial charge on any atom is 0.237 e. The lowest BCUT2D eigenvalue weighted by molar-refractivity contribution is -0.132. The average molecular weight is 269 g/mol. The first-order valence-corrected chi connectivity index (χ1v) is 7.14. The molecule has 1 fully saturated rings. The van der Waals surface area contributed by atoms with E-state index in [-0.39, 0.29) is 29.8 Å². The first kappa shape index (κ1) is 16.0. The summed E-state index contributed by atoms with van der Waals surface area (Å²) in [5.74, 6) is 0.0516. The van der Waals surface area contributed by atoms with E-state index in [2.05, 4.69) is 5.32 Å². The van der Waals surface area contributed by atoms with Crippen LogP contribution < -0.4 is 11.1 Å². The number of hydrogen-bond acceptors (Lipinski definition) is 3. The lowest BCUT2D eigenvalue weighted by atomic mass is 9.88. The van der Waals surface area contributed by atoms with E-state index in [1.807, 2.05) is 13.8 Å². The summed E-state index contributed by atoms with van der Waals surface area (Å²) in [4.78, 5) is 25.3. The van der Waals surface area contributed by atoms with Crippen molar-refractivity contribution in [2.75, 3.05) is 7.05 Å². The first-order chi connectivity index (χ1) is 8.84. The van der Waals surface area contributed by atoms with Crippen LogP contribution in [-0.2, 0) is 9.59 Å². The SMILES string of the molecule is CC(=O)N(C)[C@@H]1CCCC[C@@H]1NC(=O)[C@@H](N)C(C)C. The van der Waals surface area contributed by atoms with Crippen LogP contribution in [0.25, 0.3) is 0 Å². The maximum atomic E-state index is 12.1. The quantitative estimate of drug-likeness (QED) is 0.795. The van der Waals surface area contributed by atoms with Crippen LogP contribution in [0, 0.1) is 5.92 Å². The highest BCUT2D eigenvalue weighted by Crippen LogP contribution is 2.23. The Morgan fingerprint density at radius 1 is 1.26 bits per heavy atom. The number of nitrogens with two attached hydrogens (primary N) is 1. The summed E-state index contributed by atoms with van der Waals surface area (Å²) in [6, 6.07) is -0.361. The van der Waals surface area contributed by atoms with Crippen molar-refractivity contribution < 1.29 is 9.59 Å². The van der Waals surface area contributed by atoms with Gasteiger partial charge in [-0.1, -0.05) is 26.7 Å². The summed E-state index contributed by atoms with van der Waals surface area (Å²) >= 11 is 0. The molecule has 0 heterocycles. The summed E-state index contributed by atoms with van der Waals surface area (Å²) in [5.41, 5.74) is 5.87. The topological polar surface area (TPSA) is 75.4 Å². The molecule has 5 heteroatoms. The number of carbonyl (C=O) groups excluding carboxylic acids is 2. The molecule has 1 aliphatic rings. The number of rotatable bonds is 4. The smallest absolute Gasteiger partial charge is 0.237 e. The van der Waals surface area contributed by atoms with E-state index < -0.39 is 6.04 Å². The molecule has 0 aliphatic heterocycles. The Kier molecular flexibility index (Phi) is 5.79. The van der Waals surface area contributed by atoms with Crippen molar-refractivity contribution in [3.05, 3.63) is 0 Å². The molecule has 0 unspecified atom stereocenters. The Morgan fingerprint density at radius 3 is 2.37 bits per heavy atom. The molecule has 1 saturated carbocycles. The second kappa shape index (κ2) is 6.89. The van der Waals surface area contributed by atoms with Crippen LogP contribution in [-0.4, -0.2) is 41.9 Å². The second-order valence-corrected chi connectivity index (χ2v) is 5.87. The van der Waals surface area contributed by atoms with Crippen molar-refractivity contribution in [2.45, 2.75) is 64.6 Å². The van der Waals surface area contributed by atoms with E-state index in [9.17, 15) is 9.59 Å². The van der Waals surface area contributed by atoms with Crippen molar-refractivity contribution in [3.8, 4) is 0 Å². The molecule has 110 valence electrons. The molecular weight excluding hydrogens is 242 g/mol. The molecule has 2 amide bonds. The minimum Gasteiger partial charge on any atom is -0.350 e. The summed E-state index contributed by atoms with van der Waals surface area (Å²) < 4.78 is 0. The van der Waals surface area contributed by atoms with E-state index >= 15 is 0 Å². The van der Waals surface area contributed by atoms with E-state index in [4.69, 9.17) is 5.73 Å². The number of amides is 2. The first-order valence-electron chi connectivity index (χ1n) is 7.14. The number of nitrogens with one attached hydrogen (secondary N) is 1. The standard InChI is InChI=1S/C14H27N3O2/c1-9(2)13(15)14(19)16-11-7-5-6-8-12(11)17(4)10(3)18/h9,11-13H,5-8,15H2,1-4H3,(H,16,19)/t11-,12+,13-/m0/s1. The molecule has 3 N–H and O–H groups in total. The number of hydrogen-bond donors (Lipinski definition) is 2. The molecule has 19 heavy (non-hydrogen) atoms. The Balaban J connectivity index is 2.67. The third-order valence-electron chi connectivity index (χ3n) is 4.07. The minimum atomic E-state index is -0.481. The zero-order valence-electron chi connectivity index (χ0n) is 12.5. The molecular formula is C14H27N3O2. The van der Waals surface area contributed by atoms with Crippen molar-refractivity contribution >= 4 is 11.8 Å². The Bertz CT molecular complexity index is 331. The fourth-order valence-corrected chi connectivity index (χ4v) is 2.56. The predicted molar refractivity (Wildman–Crippen MR) is 75.4 cm³/mol. The summed E-state index contributed by atoms with van der Waals surface area (Å²) in [6.45, 7) is 5.43. The average Bonchev–Trinajstić information content (AvgIpc) is 2.37. The predicted octanol–water partition coefficient (Wildman–Crippen LogP) is 0.875. The number of likely N-dealkylation sites (N-methyl/N-ethyl adjacent to an activating group) is 1. The molecule has 0 radical (unpaired) electrons. The second-order valence-electron chi connectivity index (χ2n) is 5.87. The van der Waals surface area contributed by atoms with Crippen LogP contribution in [0.3, 0.4) is 0 Å². The third kappa shape index (κ3) is 4.20. The molecule has 1 aliphatic carbocycles. The molecule has 0 aromatic rings. The van der Waals surface area contributed by atoms with E-state index in [0.29, 0.717) is 0 Å². The van der Waals surface area contributed by atoms with Crippen molar-refractivity contribution in [1.82, 2.24) is 10.2 Å². The van der Waals surface area contributed by atoms with Gasteiger partial charge in [-0.25, -0.2) is 0 Å². The van der Waals surface area contributed by atoms with Crippen LogP contribution in [0.1, 0.15) is 46.5 Å². The van der Waals surface area contributed by atoms with E-state index in [1.54, 1.807) is 18.9 Å². The molecule has 3 atom stereocenters. The Hall–Kier alpha value is -1.10. The Morgan fingerprint density at radius 2 is 1.84 bits per heavy atom. The largest absolute Gasteiger partial charge is 0.350 e. The van der Waals surface area contributed by atoms with Gasteiger partial charge in [0.25, 0.3) is 0 Å². The van der Waals surface area contributed by atoms with Gasteiger partial charge in [0, 0.05) is 20.0 Å². The number of nitrogens with zero attached hydrogens (tertiary/aromatic N) is 1.